The number of amides is 1. The zero-order chi connectivity index (χ0) is 17.1. The second kappa shape index (κ2) is 6.97. The molecule has 1 unspecified atom stereocenters. The molecular formula is C20H20N2O3. The minimum atomic E-state index is 0.0167. The van der Waals surface area contributed by atoms with Gasteiger partial charge in [-0.1, -0.05) is 12.1 Å². The average Bonchev–Trinajstić information content (AvgIpc) is 3.16. The molecule has 0 saturated carbocycles. The Hall–Kier alpha value is -2.82. The fraction of sp³-hybridized carbons (Fsp3) is 0.300. The lowest BCUT2D eigenvalue weighted by Gasteiger charge is -2.26. The zero-order valence-electron chi connectivity index (χ0n) is 13.9. The molecule has 1 amide bonds. The standard InChI is InChI=1S/C20H20N2O3/c23-20(9-7-16-4-1-2-10-21-16)22-11-3-5-17(22)15-6-8-18-19(14-15)25-13-12-24-18/h1-2,4,6-10,14,17H,3,5,11-13H2/b9-7+. The van der Waals surface area contributed by atoms with E-state index >= 15 is 0 Å². The third-order valence-corrected chi connectivity index (χ3v) is 4.57. The van der Waals surface area contributed by atoms with Gasteiger partial charge in [0, 0.05) is 18.8 Å². The van der Waals surface area contributed by atoms with Crippen LogP contribution in [0.15, 0.2) is 48.7 Å². The number of rotatable bonds is 3. The van der Waals surface area contributed by atoms with E-state index in [0.717, 1.165) is 42.1 Å². The third kappa shape index (κ3) is 3.36. The Morgan fingerprint density at radius 3 is 2.88 bits per heavy atom. The van der Waals surface area contributed by atoms with Crippen molar-refractivity contribution in [3.05, 3.63) is 59.9 Å². The van der Waals surface area contributed by atoms with Crippen molar-refractivity contribution < 1.29 is 14.3 Å². The van der Waals surface area contributed by atoms with E-state index in [1.54, 1.807) is 18.3 Å². The highest BCUT2D eigenvalue weighted by Crippen LogP contribution is 2.38. The van der Waals surface area contributed by atoms with Crippen molar-refractivity contribution in [1.82, 2.24) is 9.88 Å². The summed E-state index contributed by atoms with van der Waals surface area (Å²) in [5, 5.41) is 0. The van der Waals surface area contributed by atoms with Crippen LogP contribution in [0.4, 0.5) is 0 Å². The molecule has 128 valence electrons. The molecule has 1 aromatic heterocycles. The second-order valence-corrected chi connectivity index (χ2v) is 6.18. The number of fused-ring (bicyclic) bond motifs is 1. The monoisotopic (exact) mass is 336 g/mol. The molecule has 0 spiro atoms. The van der Waals surface area contributed by atoms with Crippen molar-refractivity contribution in [2.45, 2.75) is 18.9 Å². The summed E-state index contributed by atoms with van der Waals surface area (Å²) in [7, 11) is 0. The van der Waals surface area contributed by atoms with Gasteiger partial charge in [0.15, 0.2) is 11.5 Å². The van der Waals surface area contributed by atoms with E-state index in [2.05, 4.69) is 4.98 Å². The van der Waals surface area contributed by atoms with Gasteiger partial charge in [-0.3, -0.25) is 9.78 Å². The van der Waals surface area contributed by atoms with Gasteiger partial charge >= 0.3 is 0 Å². The fourth-order valence-electron chi connectivity index (χ4n) is 3.37. The largest absolute Gasteiger partial charge is 0.486 e. The molecule has 0 radical (unpaired) electrons. The maximum absolute atomic E-state index is 12.6. The Morgan fingerprint density at radius 1 is 1.16 bits per heavy atom. The molecule has 25 heavy (non-hydrogen) atoms. The zero-order valence-corrected chi connectivity index (χ0v) is 13.9. The van der Waals surface area contributed by atoms with Gasteiger partial charge in [-0.25, -0.2) is 0 Å². The maximum Gasteiger partial charge on any atom is 0.247 e. The number of ether oxygens (including phenoxy) is 2. The lowest BCUT2D eigenvalue weighted by molar-refractivity contribution is -0.126. The van der Waals surface area contributed by atoms with Crippen LogP contribution in [0.3, 0.4) is 0 Å². The fourth-order valence-corrected chi connectivity index (χ4v) is 3.37. The molecule has 1 aromatic carbocycles. The van der Waals surface area contributed by atoms with E-state index < -0.39 is 0 Å². The predicted molar refractivity (Wildman–Crippen MR) is 94.4 cm³/mol. The molecule has 0 N–H and O–H groups in total. The minimum Gasteiger partial charge on any atom is -0.486 e. The molecule has 1 atom stereocenters. The van der Waals surface area contributed by atoms with Gasteiger partial charge in [-0.05, 0) is 48.7 Å². The summed E-state index contributed by atoms with van der Waals surface area (Å²) in [4.78, 5) is 18.8. The molecule has 0 bridgehead atoms. The highest BCUT2D eigenvalue weighted by Gasteiger charge is 2.29. The topological polar surface area (TPSA) is 51.7 Å². The predicted octanol–water partition coefficient (Wildman–Crippen LogP) is 3.23. The first-order valence-electron chi connectivity index (χ1n) is 8.60. The number of aromatic nitrogens is 1. The van der Waals surface area contributed by atoms with E-state index in [9.17, 15) is 4.79 Å². The Balaban J connectivity index is 1.52. The van der Waals surface area contributed by atoms with Crippen molar-refractivity contribution in [3.8, 4) is 11.5 Å². The third-order valence-electron chi connectivity index (χ3n) is 4.57. The summed E-state index contributed by atoms with van der Waals surface area (Å²) in [6.45, 7) is 1.92. The Kier molecular flexibility index (Phi) is 4.37. The van der Waals surface area contributed by atoms with Gasteiger partial charge in [0.1, 0.15) is 13.2 Å². The summed E-state index contributed by atoms with van der Waals surface area (Å²) < 4.78 is 11.3. The molecule has 4 rings (SSSR count). The molecule has 2 aliphatic rings. The van der Waals surface area contributed by atoms with Crippen molar-refractivity contribution in [1.29, 1.82) is 0 Å². The highest BCUT2D eigenvalue weighted by atomic mass is 16.6. The van der Waals surface area contributed by atoms with Crippen molar-refractivity contribution in [2.75, 3.05) is 19.8 Å². The summed E-state index contributed by atoms with van der Waals surface area (Å²) >= 11 is 0. The van der Waals surface area contributed by atoms with Crippen LogP contribution in [-0.4, -0.2) is 35.5 Å². The van der Waals surface area contributed by atoms with Crippen molar-refractivity contribution >= 4 is 12.0 Å². The Morgan fingerprint density at radius 2 is 2.04 bits per heavy atom. The van der Waals surface area contributed by atoms with Gasteiger partial charge in [0.05, 0.1) is 11.7 Å². The normalized spacial score (nSPS) is 19.4. The molecule has 2 aliphatic heterocycles. The van der Waals surface area contributed by atoms with E-state index in [0.29, 0.717) is 13.2 Å². The van der Waals surface area contributed by atoms with Crippen LogP contribution in [-0.2, 0) is 4.79 Å². The minimum absolute atomic E-state index is 0.0167. The van der Waals surface area contributed by atoms with Gasteiger partial charge in [-0.2, -0.15) is 0 Å². The van der Waals surface area contributed by atoms with Crippen LogP contribution in [0, 0.1) is 0 Å². The second-order valence-electron chi connectivity index (χ2n) is 6.18. The number of hydrogen-bond donors (Lipinski definition) is 0. The van der Waals surface area contributed by atoms with Crippen LogP contribution in [0.2, 0.25) is 0 Å². The molecule has 5 heteroatoms. The van der Waals surface area contributed by atoms with E-state index in [1.807, 2.05) is 41.3 Å². The molecule has 2 aromatic rings. The first kappa shape index (κ1) is 15.7. The molecule has 5 nitrogen and oxygen atoms in total. The number of benzene rings is 1. The van der Waals surface area contributed by atoms with Crippen molar-refractivity contribution in [2.24, 2.45) is 0 Å². The quantitative estimate of drug-likeness (QED) is 0.808. The lowest BCUT2D eigenvalue weighted by atomic mass is 10.0. The number of carbonyl (C=O) groups excluding carboxylic acids is 1. The number of likely N-dealkylation sites (tertiary alicyclic amines) is 1. The Labute approximate surface area is 146 Å². The summed E-state index contributed by atoms with van der Waals surface area (Å²) in [5.41, 5.74) is 1.88. The lowest BCUT2D eigenvalue weighted by Crippen LogP contribution is -2.29. The van der Waals surface area contributed by atoms with Crippen LogP contribution >= 0.6 is 0 Å². The van der Waals surface area contributed by atoms with E-state index in [4.69, 9.17) is 9.47 Å². The van der Waals surface area contributed by atoms with Crippen LogP contribution < -0.4 is 9.47 Å². The molecule has 1 fully saturated rings. The smallest absolute Gasteiger partial charge is 0.247 e. The molecular weight excluding hydrogens is 316 g/mol. The maximum atomic E-state index is 12.6. The van der Waals surface area contributed by atoms with Gasteiger partial charge in [-0.15, -0.1) is 0 Å². The number of carbonyl (C=O) groups is 1. The first-order chi connectivity index (χ1) is 12.3. The summed E-state index contributed by atoms with van der Waals surface area (Å²) in [5.74, 6) is 1.57. The van der Waals surface area contributed by atoms with Crippen molar-refractivity contribution in [3.63, 3.8) is 0 Å². The molecule has 1 saturated heterocycles. The molecule has 3 heterocycles. The summed E-state index contributed by atoms with van der Waals surface area (Å²) in [6, 6.07) is 11.7. The SMILES string of the molecule is O=C(/C=C/c1ccccn1)N1CCCC1c1ccc2c(c1)OCCO2. The van der Waals surface area contributed by atoms with Gasteiger partial charge in [0.25, 0.3) is 0 Å². The van der Waals surface area contributed by atoms with Crippen LogP contribution in [0.5, 0.6) is 11.5 Å². The average molecular weight is 336 g/mol. The number of nitrogens with zero attached hydrogens (tertiary/aromatic N) is 2. The van der Waals surface area contributed by atoms with Crippen LogP contribution in [0.25, 0.3) is 6.08 Å². The summed E-state index contributed by atoms with van der Waals surface area (Å²) in [6.07, 6.45) is 7.06. The first-order valence-corrected chi connectivity index (χ1v) is 8.60. The number of hydrogen-bond acceptors (Lipinski definition) is 4. The van der Waals surface area contributed by atoms with Gasteiger partial charge < -0.3 is 14.4 Å². The Bertz CT molecular complexity index is 789. The highest BCUT2D eigenvalue weighted by molar-refractivity contribution is 5.92. The van der Waals surface area contributed by atoms with Crippen LogP contribution in [0.1, 0.15) is 30.1 Å². The number of pyridine rings is 1. The van der Waals surface area contributed by atoms with Gasteiger partial charge in [0.2, 0.25) is 5.91 Å². The van der Waals surface area contributed by atoms with E-state index in [-0.39, 0.29) is 11.9 Å². The van der Waals surface area contributed by atoms with E-state index in [1.165, 1.54) is 0 Å². The molecule has 0 aliphatic carbocycles.